The van der Waals surface area contributed by atoms with Crippen molar-refractivity contribution in [2.45, 2.75) is 6.04 Å². The molecule has 0 bridgehead atoms. The van der Waals surface area contributed by atoms with E-state index < -0.39 is 29.3 Å². The molecule has 1 amide bonds. The van der Waals surface area contributed by atoms with Crippen molar-refractivity contribution in [1.29, 1.82) is 0 Å². The minimum Gasteiger partial charge on any atom is -0.507 e. The van der Waals surface area contributed by atoms with Crippen molar-refractivity contribution in [3.63, 3.8) is 0 Å². The van der Waals surface area contributed by atoms with Crippen LogP contribution in [0.2, 0.25) is 5.02 Å². The van der Waals surface area contributed by atoms with Crippen molar-refractivity contribution in [1.82, 2.24) is 0 Å². The zero-order valence-electron chi connectivity index (χ0n) is 19.0. The van der Waals surface area contributed by atoms with Crippen molar-refractivity contribution in [2.75, 3.05) is 26.2 Å². The number of hydrogen-bond donors (Lipinski definition) is 1. The van der Waals surface area contributed by atoms with Gasteiger partial charge in [-0.15, -0.1) is 0 Å². The average molecular weight is 498 g/mol. The minimum absolute atomic E-state index is 0.115. The third-order valence-electron chi connectivity index (χ3n) is 5.71. The van der Waals surface area contributed by atoms with Crippen LogP contribution in [0.1, 0.15) is 17.2 Å². The van der Waals surface area contributed by atoms with Crippen LogP contribution >= 0.6 is 11.6 Å². The van der Waals surface area contributed by atoms with E-state index in [-0.39, 0.29) is 33.3 Å². The summed E-state index contributed by atoms with van der Waals surface area (Å²) in [4.78, 5) is 27.7. The lowest BCUT2D eigenvalue weighted by atomic mass is 9.94. The predicted molar refractivity (Wildman–Crippen MR) is 129 cm³/mol. The number of methoxy groups -OCH3 is 3. The van der Waals surface area contributed by atoms with Crippen LogP contribution in [0.25, 0.3) is 5.76 Å². The van der Waals surface area contributed by atoms with Crippen molar-refractivity contribution >= 4 is 34.7 Å². The van der Waals surface area contributed by atoms with E-state index in [9.17, 15) is 19.1 Å². The largest absolute Gasteiger partial charge is 0.507 e. The summed E-state index contributed by atoms with van der Waals surface area (Å²) in [5.74, 6) is -1.78. The van der Waals surface area contributed by atoms with Crippen LogP contribution in [0.15, 0.2) is 66.2 Å². The second kappa shape index (κ2) is 9.68. The molecule has 1 unspecified atom stereocenters. The Hall–Kier alpha value is -4.04. The van der Waals surface area contributed by atoms with Gasteiger partial charge in [0, 0.05) is 11.8 Å². The molecular formula is C26H21ClFNO6. The molecule has 7 nitrogen and oxygen atoms in total. The topological polar surface area (TPSA) is 85.3 Å². The maximum Gasteiger partial charge on any atom is 0.300 e. The van der Waals surface area contributed by atoms with E-state index in [1.54, 1.807) is 24.3 Å². The standard InChI is InChI=1S/C26H21ClFNO6/c1-33-17-10-4-14(5-11-17)23-22(24(30)18-12-21(35-3)19(27)13-20(18)34-2)25(31)26(32)29(23)16-8-6-15(28)7-9-16/h4-13,23,30H,1-3H3/b24-22+. The first kappa shape index (κ1) is 24.1. The fourth-order valence-electron chi connectivity index (χ4n) is 3.99. The summed E-state index contributed by atoms with van der Waals surface area (Å²) in [5.41, 5.74) is 0.751. The SMILES string of the molecule is COc1ccc(C2/C(=C(\O)c3cc(OC)c(Cl)cc3OC)C(=O)C(=O)N2c2ccc(F)cc2)cc1. The lowest BCUT2D eigenvalue weighted by Gasteiger charge is -2.25. The molecule has 4 rings (SSSR count). The molecule has 0 aromatic heterocycles. The number of anilines is 1. The molecule has 1 fully saturated rings. The number of aliphatic hydroxyl groups excluding tert-OH is 1. The second-order valence-electron chi connectivity index (χ2n) is 7.61. The molecule has 1 aliphatic heterocycles. The van der Waals surface area contributed by atoms with Crippen LogP contribution in [0, 0.1) is 5.82 Å². The maximum absolute atomic E-state index is 13.6. The third kappa shape index (κ3) is 4.28. The Kier molecular flexibility index (Phi) is 6.66. The van der Waals surface area contributed by atoms with Crippen molar-refractivity contribution in [2.24, 2.45) is 0 Å². The summed E-state index contributed by atoms with van der Waals surface area (Å²) >= 11 is 6.19. The molecule has 0 saturated carbocycles. The molecule has 180 valence electrons. The zero-order chi connectivity index (χ0) is 25.3. The highest BCUT2D eigenvalue weighted by atomic mass is 35.5. The highest BCUT2D eigenvalue weighted by Crippen LogP contribution is 2.45. The second-order valence-corrected chi connectivity index (χ2v) is 8.01. The number of aliphatic hydroxyl groups is 1. The van der Waals surface area contributed by atoms with E-state index >= 15 is 0 Å². The Morgan fingerprint density at radius 2 is 1.54 bits per heavy atom. The molecule has 1 atom stereocenters. The van der Waals surface area contributed by atoms with Gasteiger partial charge in [0.1, 0.15) is 28.8 Å². The van der Waals surface area contributed by atoms with E-state index in [4.69, 9.17) is 25.8 Å². The molecule has 9 heteroatoms. The van der Waals surface area contributed by atoms with Crippen LogP contribution in [-0.2, 0) is 9.59 Å². The van der Waals surface area contributed by atoms with Crippen LogP contribution < -0.4 is 19.1 Å². The van der Waals surface area contributed by atoms with Gasteiger partial charge >= 0.3 is 0 Å². The number of benzene rings is 3. The molecule has 0 radical (unpaired) electrons. The zero-order valence-corrected chi connectivity index (χ0v) is 19.8. The lowest BCUT2D eigenvalue weighted by molar-refractivity contribution is -0.132. The van der Waals surface area contributed by atoms with Crippen molar-refractivity contribution < 1.29 is 33.3 Å². The molecule has 3 aromatic rings. The molecule has 0 aliphatic carbocycles. The molecule has 1 heterocycles. The Bertz CT molecular complexity index is 1320. The fourth-order valence-corrected chi connectivity index (χ4v) is 4.22. The van der Waals surface area contributed by atoms with Crippen LogP contribution in [0.5, 0.6) is 17.2 Å². The van der Waals surface area contributed by atoms with E-state index in [0.717, 1.165) is 0 Å². The number of halogens is 2. The van der Waals surface area contributed by atoms with Crippen LogP contribution in [0.3, 0.4) is 0 Å². The van der Waals surface area contributed by atoms with Gasteiger partial charge in [0.15, 0.2) is 0 Å². The summed E-state index contributed by atoms with van der Waals surface area (Å²) < 4.78 is 29.4. The Labute approximate surface area is 205 Å². The van der Waals surface area contributed by atoms with Crippen LogP contribution in [-0.4, -0.2) is 38.1 Å². The molecular weight excluding hydrogens is 477 g/mol. The fraction of sp³-hybridized carbons (Fsp3) is 0.154. The summed E-state index contributed by atoms with van der Waals surface area (Å²) in [6.07, 6.45) is 0. The van der Waals surface area contributed by atoms with Gasteiger partial charge in [-0.2, -0.15) is 0 Å². The summed E-state index contributed by atoms with van der Waals surface area (Å²) in [6.45, 7) is 0. The van der Waals surface area contributed by atoms with Gasteiger partial charge in [0.2, 0.25) is 0 Å². The van der Waals surface area contributed by atoms with Crippen molar-refractivity contribution in [3.05, 3.63) is 88.2 Å². The number of rotatable bonds is 6. The Morgan fingerprint density at radius 1 is 0.914 bits per heavy atom. The highest BCUT2D eigenvalue weighted by Gasteiger charge is 2.47. The molecule has 1 aliphatic rings. The number of carbonyl (C=O) groups is 2. The number of ether oxygens (including phenoxy) is 3. The summed E-state index contributed by atoms with van der Waals surface area (Å²) in [7, 11) is 4.30. The lowest BCUT2D eigenvalue weighted by Crippen LogP contribution is -2.29. The number of amides is 1. The molecule has 0 spiro atoms. The number of ketones is 1. The van der Waals surface area contributed by atoms with Gasteiger partial charge in [-0.25, -0.2) is 4.39 Å². The monoisotopic (exact) mass is 497 g/mol. The molecule has 1 N–H and O–H groups in total. The first-order valence-corrected chi connectivity index (χ1v) is 10.8. The molecule has 1 saturated heterocycles. The summed E-state index contributed by atoms with van der Waals surface area (Å²) in [5, 5.41) is 11.6. The van der Waals surface area contributed by atoms with Gasteiger partial charge < -0.3 is 19.3 Å². The first-order chi connectivity index (χ1) is 16.8. The maximum atomic E-state index is 13.6. The van der Waals surface area contributed by atoms with E-state index in [2.05, 4.69) is 0 Å². The normalized spacial score (nSPS) is 16.9. The number of hydrogen-bond acceptors (Lipinski definition) is 6. The van der Waals surface area contributed by atoms with Crippen LogP contribution in [0.4, 0.5) is 10.1 Å². The third-order valence-corrected chi connectivity index (χ3v) is 6.01. The van der Waals surface area contributed by atoms with Gasteiger partial charge in [0.05, 0.1) is 43.5 Å². The van der Waals surface area contributed by atoms with E-state index in [1.165, 1.54) is 62.6 Å². The highest BCUT2D eigenvalue weighted by molar-refractivity contribution is 6.51. The van der Waals surface area contributed by atoms with Gasteiger partial charge in [-0.1, -0.05) is 23.7 Å². The number of nitrogens with zero attached hydrogens (tertiary/aromatic N) is 1. The van der Waals surface area contributed by atoms with E-state index in [1.807, 2.05) is 0 Å². The Morgan fingerprint density at radius 3 is 2.11 bits per heavy atom. The van der Waals surface area contributed by atoms with E-state index in [0.29, 0.717) is 11.3 Å². The summed E-state index contributed by atoms with van der Waals surface area (Å²) in [6, 6.07) is 13.7. The first-order valence-electron chi connectivity index (χ1n) is 10.4. The molecule has 35 heavy (non-hydrogen) atoms. The molecule has 3 aromatic carbocycles. The smallest absolute Gasteiger partial charge is 0.300 e. The average Bonchev–Trinajstić information content (AvgIpc) is 3.14. The van der Waals surface area contributed by atoms with Gasteiger partial charge in [-0.3, -0.25) is 14.5 Å². The Balaban J connectivity index is 1.98. The quantitative estimate of drug-likeness (QED) is 0.289. The minimum atomic E-state index is -1.02. The van der Waals surface area contributed by atoms with Crippen molar-refractivity contribution in [3.8, 4) is 17.2 Å². The van der Waals surface area contributed by atoms with Gasteiger partial charge in [0.25, 0.3) is 11.7 Å². The number of Topliss-reactive ketones (excluding diaryl/α,β-unsaturated/α-hetero) is 1. The van der Waals surface area contributed by atoms with Gasteiger partial charge in [-0.05, 0) is 48.0 Å². The number of carbonyl (C=O) groups excluding carboxylic acids is 2. The predicted octanol–water partition coefficient (Wildman–Crippen LogP) is 5.13.